The topological polar surface area (TPSA) is 58.0 Å². The van der Waals surface area contributed by atoms with Crippen molar-refractivity contribution in [2.75, 3.05) is 0 Å². The summed E-state index contributed by atoms with van der Waals surface area (Å²) in [6.07, 6.45) is 7.12. The van der Waals surface area contributed by atoms with E-state index in [9.17, 15) is 5.11 Å². The van der Waals surface area contributed by atoms with Crippen molar-refractivity contribution in [3.8, 4) is 0 Å². The van der Waals surface area contributed by atoms with E-state index in [1.807, 2.05) is 6.07 Å². The van der Waals surface area contributed by atoms with Gasteiger partial charge in [-0.1, -0.05) is 0 Å². The molecule has 2 bridgehead atoms. The van der Waals surface area contributed by atoms with Crippen LogP contribution in [-0.2, 0) is 5.60 Å². The minimum absolute atomic E-state index is 0.462. The molecule has 2 saturated heterocycles. The molecule has 0 aliphatic carbocycles. The van der Waals surface area contributed by atoms with E-state index in [0.717, 1.165) is 18.5 Å². The Balaban J connectivity index is 1.91. The van der Waals surface area contributed by atoms with E-state index in [1.54, 1.807) is 6.20 Å². The maximum absolute atomic E-state index is 10.6. The van der Waals surface area contributed by atoms with Crippen LogP contribution in [0.1, 0.15) is 31.4 Å². The minimum atomic E-state index is -0.736. The van der Waals surface area contributed by atoms with E-state index in [1.165, 1.54) is 19.2 Å². The average molecular weight is 205 g/mol. The van der Waals surface area contributed by atoms with Crippen LogP contribution in [0.4, 0.5) is 0 Å². The van der Waals surface area contributed by atoms with Gasteiger partial charge in [0.15, 0.2) is 0 Å². The van der Waals surface area contributed by atoms with Crippen LogP contribution in [0.2, 0.25) is 0 Å². The molecule has 2 N–H and O–H groups in total. The molecular weight excluding hydrogens is 190 g/mol. The van der Waals surface area contributed by atoms with Crippen molar-refractivity contribution in [1.82, 2.24) is 15.3 Å². The molecule has 3 heterocycles. The lowest BCUT2D eigenvalue weighted by Crippen LogP contribution is -2.47. The molecule has 2 fully saturated rings. The number of rotatable bonds is 1. The lowest BCUT2D eigenvalue weighted by molar-refractivity contribution is -0.0154. The van der Waals surface area contributed by atoms with Gasteiger partial charge in [-0.25, -0.2) is 9.97 Å². The van der Waals surface area contributed by atoms with Gasteiger partial charge in [0.2, 0.25) is 0 Å². The van der Waals surface area contributed by atoms with E-state index in [-0.39, 0.29) is 0 Å². The van der Waals surface area contributed by atoms with E-state index in [4.69, 9.17) is 0 Å². The second-order valence-corrected chi connectivity index (χ2v) is 4.67. The Morgan fingerprint density at radius 2 is 2.07 bits per heavy atom. The Hall–Kier alpha value is -1.00. The van der Waals surface area contributed by atoms with E-state index in [0.29, 0.717) is 12.1 Å². The van der Waals surface area contributed by atoms with Crippen molar-refractivity contribution in [3.05, 3.63) is 24.3 Å². The highest BCUT2D eigenvalue weighted by atomic mass is 16.3. The molecule has 0 spiro atoms. The van der Waals surface area contributed by atoms with Gasteiger partial charge >= 0.3 is 0 Å². The first-order valence-electron chi connectivity index (χ1n) is 5.51. The third-order valence-electron chi connectivity index (χ3n) is 3.56. The van der Waals surface area contributed by atoms with Gasteiger partial charge < -0.3 is 10.4 Å². The number of nitrogens with zero attached hydrogens (tertiary/aromatic N) is 2. The largest absolute Gasteiger partial charge is 0.383 e. The fraction of sp³-hybridized carbons (Fsp3) is 0.636. The average Bonchev–Trinajstić information content (AvgIpc) is 2.60. The van der Waals surface area contributed by atoms with Crippen LogP contribution in [0.3, 0.4) is 0 Å². The van der Waals surface area contributed by atoms with Gasteiger partial charge in [0.25, 0.3) is 0 Å². The first kappa shape index (κ1) is 9.24. The molecule has 15 heavy (non-hydrogen) atoms. The van der Waals surface area contributed by atoms with Gasteiger partial charge in [-0.05, 0) is 31.7 Å². The lowest BCUT2D eigenvalue weighted by Gasteiger charge is -2.36. The molecule has 2 unspecified atom stereocenters. The highest BCUT2D eigenvalue weighted by molar-refractivity contribution is 5.15. The van der Waals surface area contributed by atoms with Crippen LogP contribution in [0.15, 0.2) is 18.6 Å². The fourth-order valence-corrected chi connectivity index (χ4v) is 2.90. The highest BCUT2D eigenvalue weighted by Crippen LogP contribution is 2.39. The van der Waals surface area contributed by atoms with Crippen molar-refractivity contribution >= 4 is 0 Å². The van der Waals surface area contributed by atoms with Crippen molar-refractivity contribution in [3.63, 3.8) is 0 Å². The Labute approximate surface area is 88.8 Å². The van der Waals surface area contributed by atoms with Crippen LogP contribution in [0.25, 0.3) is 0 Å². The molecule has 1 aromatic heterocycles. The van der Waals surface area contributed by atoms with Crippen molar-refractivity contribution in [1.29, 1.82) is 0 Å². The number of hydrogen-bond donors (Lipinski definition) is 2. The van der Waals surface area contributed by atoms with Gasteiger partial charge in [0.05, 0.1) is 5.69 Å². The predicted octanol–water partition coefficient (Wildman–Crippen LogP) is 0.579. The quantitative estimate of drug-likeness (QED) is 0.704. The first-order valence-corrected chi connectivity index (χ1v) is 5.51. The van der Waals surface area contributed by atoms with Crippen LogP contribution in [0, 0.1) is 0 Å². The SMILES string of the molecule is OC1(c2ccncn2)CC2CCC(C1)N2. The zero-order chi connectivity index (χ0) is 10.3. The summed E-state index contributed by atoms with van der Waals surface area (Å²) in [5.74, 6) is 0. The van der Waals surface area contributed by atoms with Crippen LogP contribution in [0.5, 0.6) is 0 Å². The molecule has 2 aliphatic heterocycles. The summed E-state index contributed by atoms with van der Waals surface area (Å²) >= 11 is 0. The molecule has 80 valence electrons. The molecule has 0 radical (unpaired) electrons. The summed E-state index contributed by atoms with van der Waals surface area (Å²) in [6.45, 7) is 0. The van der Waals surface area contributed by atoms with Crippen LogP contribution >= 0.6 is 0 Å². The molecule has 0 amide bonds. The monoisotopic (exact) mass is 205 g/mol. The van der Waals surface area contributed by atoms with Gasteiger partial charge in [0.1, 0.15) is 11.9 Å². The Morgan fingerprint density at radius 3 is 2.67 bits per heavy atom. The molecule has 3 rings (SSSR count). The third-order valence-corrected chi connectivity index (χ3v) is 3.56. The summed E-state index contributed by atoms with van der Waals surface area (Å²) in [7, 11) is 0. The van der Waals surface area contributed by atoms with Crippen molar-refractivity contribution in [2.24, 2.45) is 0 Å². The summed E-state index contributed by atoms with van der Waals surface area (Å²) in [5, 5.41) is 14.1. The minimum Gasteiger partial charge on any atom is -0.383 e. The number of piperidine rings is 1. The van der Waals surface area contributed by atoms with Crippen LogP contribution in [-0.4, -0.2) is 27.2 Å². The van der Waals surface area contributed by atoms with Gasteiger partial charge in [-0.2, -0.15) is 0 Å². The highest BCUT2D eigenvalue weighted by Gasteiger charge is 2.44. The molecule has 4 nitrogen and oxygen atoms in total. The van der Waals surface area contributed by atoms with Crippen molar-refractivity contribution < 1.29 is 5.11 Å². The smallest absolute Gasteiger partial charge is 0.115 e. The van der Waals surface area contributed by atoms with Crippen LogP contribution < -0.4 is 5.32 Å². The zero-order valence-electron chi connectivity index (χ0n) is 8.56. The Morgan fingerprint density at radius 1 is 1.33 bits per heavy atom. The first-order chi connectivity index (χ1) is 7.26. The van der Waals surface area contributed by atoms with E-state index in [2.05, 4.69) is 15.3 Å². The number of aromatic nitrogens is 2. The van der Waals surface area contributed by atoms with E-state index >= 15 is 0 Å². The number of aliphatic hydroxyl groups is 1. The number of nitrogens with one attached hydrogen (secondary N) is 1. The summed E-state index contributed by atoms with van der Waals surface area (Å²) in [5.41, 5.74) is 0.0379. The number of hydrogen-bond acceptors (Lipinski definition) is 4. The standard InChI is InChI=1S/C11H15N3O/c15-11(10-3-4-12-7-13-10)5-8-1-2-9(6-11)14-8/h3-4,7-9,14-15H,1-2,5-6H2. The molecule has 4 heteroatoms. The predicted molar refractivity (Wildman–Crippen MR) is 55.1 cm³/mol. The third kappa shape index (κ3) is 1.54. The Bertz CT molecular complexity index is 342. The molecule has 1 aromatic rings. The maximum Gasteiger partial charge on any atom is 0.115 e. The molecule has 2 aliphatic rings. The lowest BCUT2D eigenvalue weighted by atomic mass is 9.84. The molecule has 0 saturated carbocycles. The second-order valence-electron chi connectivity index (χ2n) is 4.67. The second kappa shape index (κ2) is 3.25. The number of fused-ring (bicyclic) bond motifs is 2. The van der Waals surface area contributed by atoms with Crippen molar-refractivity contribution in [2.45, 2.75) is 43.4 Å². The van der Waals surface area contributed by atoms with Gasteiger partial charge in [0, 0.05) is 18.3 Å². The summed E-state index contributed by atoms with van der Waals surface area (Å²) < 4.78 is 0. The summed E-state index contributed by atoms with van der Waals surface area (Å²) in [6, 6.07) is 2.75. The summed E-state index contributed by atoms with van der Waals surface area (Å²) in [4.78, 5) is 8.07. The van der Waals surface area contributed by atoms with Gasteiger partial charge in [-0.15, -0.1) is 0 Å². The molecular formula is C11H15N3O. The molecule has 2 atom stereocenters. The molecule has 0 aromatic carbocycles. The zero-order valence-corrected chi connectivity index (χ0v) is 8.56. The Kier molecular flexibility index (Phi) is 2.00. The fourth-order valence-electron chi connectivity index (χ4n) is 2.90. The van der Waals surface area contributed by atoms with E-state index < -0.39 is 5.60 Å². The maximum atomic E-state index is 10.6. The van der Waals surface area contributed by atoms with Gasteiger partial charge in [-0.3, -0.25) is 0 Å². The normalized spacial score (nSPS) is 39.3.